The highest BCUT2D eigenvalue weighted by molar-refractivity contribution is 7.90. The minimum absolute atomic E-state index is 0. The van der Waals surface area contributed by atoms with Crippen molar-refractivity contribution < 1.29 is 29.9 Å². The number of aromatic nitrogens is 3. The van der Waals surface area contributed by atoms with Gasteiger partial charge in [-0.25, -0.2) is 19.1 Å². The van der Waals surface area contributed by atoms with Crippen molar-refractivity contribution >= 4 is 15.9 Å². The summed E-state index contributed by atoms with van der Waals surface area (Å²) in [6, 6.07) is 15.0. The van der Waals surface area contributed by atoms with Crippen LogP contribution in [0.1, 0.15) is 51.3 Å². The Morgan fingerprint density at radius 3 is 2.55 bits per heavy atom. The van der Waals surface area contributed by atoms with E-state index in [1.807, 2.05) is 18.6 Å². The molecule has 1 amide bonds. The van der Waals surface area contributed by atoms with E-state index in [1.54, 1.807) is 50.5 Å². The van der Waals surface area contributed by atoms with E-state index in [2.05, 4.69) is 15.0 Å². The van der Waals surface area contributed by atoms with Crippen LogP contribution in [0, 0.1) is 18.7 Å². The van der Waals surface area contributed by atoms with E-state index in [1.165, 1.54) is 36.4 Å². The van der Waals surface area contributed by atoms with E-state index in [0.717, 1.165) is 0 Å². The number of nitrogens with zero attached hydrogens (tertiary/aromatic N) is 3. The number of pyridine rings is 3. The largest absolute Gasteiger partial charge is 0.493 e. The molecule has 0 radical (unpaired) electrons. The lowest BCUT2D eigenvalue weighted by atomic mass is 10.1. The molecule has 9 nitrogen and oxygen atoms in total. The summed E-state index contributed by atoms with van der Waals surface area (Å²) in [5, 5.41) is -0.301. The molecule has 0 spiro atoms. The average molecular weight is 569 g/mol. The van der Waals surface area contributed by atoms with Gasteiger partial charge in [-0.15, -0.1) is 0 Å². The van der Waals surface area contributed by atoms with Crippen LogP contribution >= 0.6 is 0 Å². The Balaban J connectivity index is 0.00000308. The van der Waals surface area contributed by atoms with Crippen LogP contribution in [0.2, 0.25) is 0 Å². The molecule has 1 unspecified atom stereocenters. The zero-order valence-electron chi connectivity index (χ0n) is 22.5. The van der Waals surface area contributed by atoms with Crippen LogP contribution in [0.5, 0.6) is 11.6 Å². The summed E-state index contributed by atoms with van der Waals surface area (Å²) in [6.07, 6.45) is 2.61. The molecule has 1 aromatic carbocycles. The number of carbonyl (C=O) groups excluding carboxylic acids is 1. The van der Waals surface area contributed by atoms with Crippen molar-refractivity contribution in [1.82, 2.24) is 19.7 Å². The molecule has 0 saturated heterocycles. The number of amides is 1. The van der Waals surface area contributed by atoms with Gasteiger partial charge in [0.15, 0.2) is 5.03 Å². The third-order valence-corrected chi connectivity index (χ3v) is 6.89. The van der Waals surface area contributed by atoms with Crippen LogP contribution in [-0.2, 0) is 10.0 Å². The third-order valence-electron chi connectivity index (χ3n) is 5.66. The van der Waals surface area contributed by atoms with Gasteiger partial charge in [-0.05, 0) is 62.2 Å². The zero-order chi connectivity index (χ0) is 28.9. The molecule has 3 aromatic heterocycles. The van der Waals surface area contributed by atoms with E-state index < -0.39 is 27.9 Å². The minimum Gasteiger partial charge on any atom is -0.493 e. The Hall–Kier alpha value is -4.38. The molecule has 1 N–H and O–H groups in total. The predicted octanol–water partition coefficient (Wildman–Crippen LogP) is 5.77. The van der Waals surface area contributed by atoms with Crippen LogP contribution in [0.4, 0.5) is 4.39 Å². The molecule has 11 heteroatoms. The lowest BCUT2D eigenvalue weighted by Crippen LogP contribution is -2.31. The van der Waals surface area contributed by atoms with E-state index in [9.17, 15) is 17.6 Å². The fourth-order valence-electron chi connectivity index (χ4n) is 3.67. The first-order valence-corrected chi connectivity index (χ1v) is 14.0. The Bertz CT molecular complexity index is 1630. The molecule has 0 bridgehead atoms. The first kappa shape index (κ1) is 28.6. The summed E-state index contributed by atoms with van der Waals surface area (Å²) in [5.74, 6) is -1.07. The predicted molar refractivity (Wildman–Crippen MR) is 151 cm³/mol. The molecule has 212 valence electrons. The molecular formula is C29H33FN4O5S. The lowest BCUT2D eigenvalue weighted by Gasteiger charge is -2.18. The maximum Gasteiger partial charge on any atom is 0.281 e. The first-order valence-electron chi connectivity index (χ1n) is 12.5. The molecule has 0 aliphatic carbocycles. The fourth-order valence-corrected chi connectivity index (χ4v) is 4.65. The second kappa shape index (κ2) is 12.2. The minimum atomic E-state index is -4.28. The smallest absolute Gasteiger partial charge is 0.281 e. The van der Waals surface area contributed by atoms with Crippen molar-refractivity contribution in [3.8, 4) is 22.9 Å². The van der Waals surface area contributed by atoms with Gasteiger partial charge in [0.25, 0.3) is 15.9 Å². The number of aryl methyl sites for hydroxylation is 1. The highest BCUT2D eigenvalue weighted by Gasteiger charge is 2.25. The molecule has 0 saturated carbocycles. The Morgan fingerprint density at radius 2 is 1.85 bits per heavy atom. The zero-order valence-corrected chi connectivity index (χ0v) is 23.3. The maximum atomic E-state index is 14.5. The Kier molecular flexibility index (Phi) is 8.73. The summed E-state index contributed by atoms with van der Waals surface area (Å²) in [7, 11) is -4.28. The van der Waals surface area contributed by atoms with Gasteiger partial charge in [-0.2, -0.15) is 8.42 Å². The van der Waals surface area contributed by atoms with Gasteiger partial charge < -0.3 is 9.47 Å². The van der Waals surface area contributed by atoms with E-state index in [0.29, 0.717) is 34.9 Å². The van der Waals surface area contributed by atoms with Crippen molar-refractivity contribution in [3.63, 3.8) is 0 Å². The maximum absolute atomic E-state index is 14.5. The second-order valence-corrected chi connectivity index (χ2v) is 11.2. The van der Waals surface area contributed by atoms with Crippen LogP contribution in [0.25, 0.3) is 11.3 Å². The summed E-state index contributed by atoms with van der Waals surface area (Å²) < 4.78 is 54.0. The number of halogens is 1. The van der Waals surface area contributed by atoms with Gasteiger partial charge in [0.05, 0.1) is 12.3 Å². The van der Waals surface area contributed by atoms with Crippen molar-refractivity contribution in [3.05, 3.63) is 95.7 Å². The number of ether oxygens (including phenoxy) is 2. The number of carbonyl (C=O) groups is 1. The molecule has 1 atom stereocenters. The Labute approximate surface area is 235 Å². The molecule has 0 fully saturated rings. The van der Waals surface area contributed by atoms with Crippen molar-refractivity contribution in [2.24, 2.45) is 5.92 Å². The number of nitrogens with one attached hydrogen (secondary N) is 1. The molecule has 4 aromatic rings. The monoisotopic (exact) mass is 568 g/mol. The molecule has 3 heterocycles. The average Bonchev–Trinajstić information content (AvgIpc) is 2.91. The van der Waals surface area contributed by atoms with Gasteiger partial charge in [-0.1, -0.05) is 26.0 Å². The summed E-state index contributed by atoms with van der Waals surface area (Å²) in [4.78, 5) is 25.8. The molecule has 0 aliphatic heterocycles. The van der Waals surface area contributed by atoms with E-state index >= 15 is 0 Å². The third kappa shape index (κ3) is 7.17. The Morgan fingerprint density at radius 1 is 1.05 bits per heavy atom. The molecule has 0 aliphatic rings. The number of hydrogen-bond acceptors (Lipinski definition) is 8. The number of benzene rings is 1. The highest BCUT2D eigenvalue weighted by Crippen LogP contribution is 2.30. The normalized spacial score (nSPS) is 12.2. The molecular weight excluding hydrogens is 535 g/mol. The van der Waals surface area contributed by atoms with Crippen LogP contribution in [-0.4, -0.2) is 35.9 Å². The molecule has 40 heavy (non-hydrogen) atoms. The number of sulfonamides is 1. The first-order chi connectivity index (χ1) is 19.0. The van der Waals surface area contributed by atoms with Crippen molar-refractivity contribution in [1.29, 1.82) is 0 Å². The van der Waals surface area contributed by atoms with E-state index in [-0.39, 0.29) is 25.2 Å². The second-order valence-electron chi connectivity index (χ2n) is 9.53. The van der Waals surface area contributed by atoms with Crippen molar-refractivity contribution in [2.45, 2.75) is 38.8 Å². The quantitative estimate of drug-likeness (QED) is 0.256. The van der Waals surface area contributed by atoms with Crippen LogP contribution in [0.3, 0.4) is 0 Å². The fraction of sp³-hybridized carbons (Fsp3) is 0.241. The summed E-state index contributed by atoms with van der Waals surface area (Å²) >= 11 is 0. The topological polar surface area (TPSA) is 120 Å². The van der Waals surface area contributed by atoms with Crippen LogP contribution in [0.15, 0.2) is 78.1 Å². The summed E-state index contributed by atoms with van der Waals surface area (Å²) in [5.41, 5.74) is 1.72. The van der Waals surface area contributed by atoms with Crippen LogP contribution < -0.4 is 14.2 Å². The van der Waals surface area contributed by atoms with Gasteiger partial charge in [0, 0.05) is 38.1 Å². The SMILES string of the molecule is Cc1cccc(S(=O)(=O)NC(=O)c2ccc(-c3cc(F)cc(OCC(C)C)c3)nc2OC(C)c2cccnc2)n1.[HH].[HH]. The standard InChI is InChI=1S/C29H29FN4O5S.2H2/c1-18(2)17-38-24-14-22(13-23(30)15-24)26-11-10-25(29(33-26)39-20(4)21-8-6-12-31-16-21)28(35)34-40(36,37)27-9-5-7-19(3)32-27;;/h5-16,18,20H,17H2,1-4H3,(H,34,35);2*1H. The number of hydrogen-bond donors (Lipinski definition) is 1. The van der Waals surface area contributed by atoms with E-state index in [4.69, 9.17) is 9.47 Å². The van der Waals surface area contributed by atoms with Gasteiger partial charge in [0.2, 0.25) is 5.88 Å². The summed E-state index contributed by atoms with van der Waals surface area (Å²) in [6.45, 7) is 7.74. The lowest BCUT2D eigenvalue weighted by molar-refractivity contribution is 0.0973. The molecule has 4 rings (SSSR count). The van der Waals surface area contributed by atoms with Gasteiger partial charge in [-0.3, -0.25) is 9.78 Å². The van der Waals surface area contributed by atoms with Gasteiger partial charge >= 0.3 is 0 Å². The highest BCUT2D eigenvalue weighted by atomic mass is 32.2. The van der Waals surface area contributed by atoms with Crippen molar-refractivity contribution in [2.75, 3.05) is 6.61 Å². The number of rotatable bonds is 10. The van der Waals surface area contributed by atoms with Gasteiger partial charge in [0.1, 0.15) is 23.2 Å².